The summed E-state index contributed by atoms with van der Waals surface area (Å²) in [6.45, 7) is 9.05. The molecule has 1 aromatic carbocycles. The molecule has 0 saturated heterocycles. The van der Waals surface area contributed by atoms with E-state index in [9.17, 15) is 9.59 Å². The van der Waals surface area contributed by atoms with E-state index in [2.05, 4.69) is 10.6 Å². The number of rotatable bonds is 8. The first kappa shape index (κ1) is 25.5. The van der Waals surface area contributed by atoms with E-state index in [-0.39, 0.29) is 5.91 Å². The quantitative estimate of drug-likeness (QED) is 0.258. The summed E-state index contributed by atoms with van der Waals surface area (Å²) >= 11 is 0. The molecule has 2 aliphatic rings. The lowest BCUT2D eigenvalue weighted by molar-refractivity contribution is -0.136. The second kappa shape index (κ2) is 11.0. The van der Waals surface area contributed by atoms with Crippen molar-refractivity contribution in [3.05, 3.63) is 75.8 Å². The molecule has 0 bridgehead atoms. The van der Waals surface area contributed by atoms with Gasteiger partial charge in [-0.15, -0.1) is 0 Å². The zero-order chi connectivity index (χ0) is 25.8. The van der Waals surface area contributed by atoms with E-state index in [4.69, 9.17) is 9.47 Å². The molecule has 6 nitrogen and oxygen atoms in total. The highest BCUT2D eigenvalue weighted by atomic mass is 16.5. The van der Waals surface area contributed by atoms with Crippen LogP contribution >= 0.6 is 0 Å². The van der Waals surface area contributed by atoms with E-state index < -0.39 is 5.97 Å². The third-order valence-electron chi connectivity index (χ3n) is 7.12. The molecule has 1 aromatic heterocycles. The van der Waals surface area contributed by atoms with E-state index >= 15 is 0 Å². The number of aromatic nitrogens is 1. The number of carbonyl (C=O) groups excluding carboxylic acids is 2. The maximum absolute atomic E-state index is 13.6. The molecule has 1 amide bonds. The smallest absolute Gasteiger partial charge is 0.340 e. The average Bonchev–Trinajstić information content (AvgIpc) is 3.29. The third-order valence-corrected chi connectivity index (χ3v) is 7.12. The molecule has 36 heavy (non-hydrogen) atoms. The highest BCUT2D eigenvalue weighted by molar-refractivity contribution is 6.16. The second-order valence-electron chi connectivity index (χ2n) is 9.41. The van der Waals surface area contributed by atoms with Crippen molar-refractivity contribution < 1.29 is 19.1 Å². The summed E-state index contributed by atoms with van der Waals surface area (Å²) in [4.78, 5) is 28.1. The minimum Gasteiger partial charge on any atom is -0.494 e. The number of allylic oxidation sites excluding steroid dienone is 2. The first-order valence-electron chi connectivity index (χ1n) is 12.8. The molecule has 1 aliphatic heterocycles. The van der Waals surface area contributed by atoms with Gasteiger partial charge >= 0.3 is 5.97 Å². The fraction of sp³-hybridized carbons (Fsp3) is 0.400. The van der Waals surface area contributed by atoms with Gasteiger partial charge in [-0.05, 0) is 102 Å². The molecule has 1 aliphatic carbocycles. The number of aryl methyl sites for hydroxylation is 1. The van der Waals surface area contributed by atoms with E-state index in [0.717, 1.165) is 47.7 Å². The zero-order valence-corrected chi connectivity index (χ0v) is 22.0. The summed E-state index contributed by atoms with van der Waals surface area (Å²) in [6, 6.07) is 10.0. The Balaban J connectivity index is 1.67. The first-order valence-corrected chi connectivity index (χ1v) is 12.8. The van der Waals surface area contributed by atoms with Crippen LogP contribution in [0.5, 0.6) is 5.75 Å². The van der Waals surface area contributed by atoms with Crippen molar-refractivity contribution in [3.63, 3.8) is 0 Å². The minimum absolute atomic E-state index is 0.143. The molecule has 2 heterocycles. The van der Waals surface area contributed by atoms with Gasteiger partial charge in [0.1, 0.15) is 5.75 Å². The van der Waals surface area contributed by atoms with Gasteiger partial charge < -0.3 is 18.9 Å². The van der Waals surface area contributed by atoms with Crippen LogP contribution in [0.4, 0.5) is 0 Å². The number of benzene rings is 1. The Hall–Kier alpha value is -3.54. The Morgan fingerprint density at radius 2 is 1.86 bits per heavy atom. The summed E-state index contributed by atoms with van der Waals surface area (Å²) in [5, 5.41) is 0. The van der Waals surface area contributed by atoms with Gasteiger partial charge in [0.25, 0.3) is 5.91 Å². The number of nitrogens with zero attached hydrogens (tertiary/aromatic N) is 2. The standard InChI is InChI=1S/C30H36N2O4/c1-6-36-26-14-12-25(13-15-26)32-20(2)18-24(21(32)3)19-27-28(30(34)35-5)22(4)31(29(27)33)17-16-23-10-8-7-9-11-23/h10,12-15,18-19H,6-9,11,16-17H2,1-5H3/b27-19-. The van der Waals surface area contributed by atoms with Crippen LogP contribution in [-0.4, -0.2) is 41.6 Å². The molecule has 2 aromatic rings. The normalized spacial score (nSPS) is 17.1. The maximum atomic E-state index is 13.6. The zero-order valence-electron chi connectivity index (χ0n) is 22.0. The molecular formula is C30H36N2O4. The van der Waals surface area contributed by atoms with E-state index in [0.29, 0.717) is 30.0 Å². The van der Waals surface area contributed by atoms with Gasteiger partial charge in [0.05, 0.1) is 24.9 Å². The number of methoxy groups -OCH3 is 1. The fourth-order valence-corrected chi connectivity index (χ4v) is 5.23. The Kier molecular flexibility index (Phi) is 7.82. The highest BCUT2D eigenvalue weighted by Crippen LogP contribution is 2.34. The predicted molar refractivity (Wildman–Crippen MR) is 142 cm³/mol. The molecule has 190 valence electrons. The molecule has 0 radical (unpaired) electrons. The topological polar surface area (TPSA) is 60.8 Å². The van der Waals surface area contributed by atoms with Crippen LogP contribution in [0.2, 0.25) is 0 Å². The highest BCUT2D eigenvalue weighted by Gasteiger charge is 2.37. The molecule has 0 saturated carbocycles. The van der Waals surface area contributed by atoms with Gasteiger partial charge in [-0.1, -0.05) is 11.6 Å². The molecule has 0 N–H and O–H groups in total. The van der Waals surface area contributed by atoms with Crippen LogP contribution in [0.3, 0.4) is 0 Å². The molecule has 6 heteroatoms. The Morgan fingerprint density at radius 1 is 1.11 bits per heavy atom. The van der Waals surface area contributed by atoms with Crippen molar-refractivity contribution in [2.75, 3.05) is 20.3 Å². The van der Waals surface area contributed by atoms with Gasteiger partial charge in [0, 0.05) is 29.3 Å². The van der Waals surface area contributed by atoms with Crippen LogP contribution < -0.4 is 4.74 Å². The van der Waals surface area contributed by atoms with Gasteiger partial charge in [-0.2, -0.15) is 0 Å². The van der Waals surface area contributed by atoms with E-state index in [1.165, 1.54) is 25.5 Å². The van der Waals surface area contributed by atoms with Crippen LogP contribution in [-0.2, 0) is 14.3 Å². The van der Waals surface area contributed by atoms with Gasteiger partial charge in [0.15, 0.2) is 0 Å². The third kappa shape index (κ3) is 5.03. The Bertz CT molecular complexity index is 1240. The van der Waals surface area contributed by atoms with E-state index in [1.807, 2.05) is 64.1 Å². The van der Waals surface area contributed by atoms with Crippen molar-refractivity contribution >= 4 is 18.0 Å². The van der Waals surface area contributed by atoms with Crippen molar-refractivity contribution in [1.29, 1.82) is 0 Å². The van der Waals surface area contributed by atoms with Crippen LogP contribution in [0.1, 0.15) is 62.9 Å². The first-order chi connectivity index (χ1) is 17.3. The second-order valence-corrected chi connectivity index (χ2v) is 9.41. The van der Waals surface area contributed by atoms with Crippen molar-refractivity contribution in [3.8, 4) is 11.4 Å². The molecule has 0 fully saturated rings. The lowest BCUT2D eigenvalue weighted by Crippen LogP contribution is -2.26. The maximum Gasteiger partial charge on any atom is 0.340 e. The number of amides is 1. The molecule has 0 atom stereocenters. The lowest BCUT2D eigenvalue weighted by atomic mass is 9.97. The number of esters is 1. The average molecular weight is 489 g/mol. The summed E-state index contributed by atoms with van der Waals surface area (Å²) < 4.78 is 12.8. The summed E-state index contributed by atoms with van der Waals surface area (Å²) in [5.74, 6) is 0.206. The number of carbonyl (C=O) groups is 2. The van der Waals surface area contributed by atoms with Crippen molar-refractivity contribution in [2.24, 2.45) is 0 Å². The summed E-state index contributed by atoms with van der Waals surface area (Å²) in [6.07, 6.45) is 9.62. The predicted octanol–water partition coefficient (Wildman–Crippen LogP) is 6.06. The van der Waals surface area contributed by atoms with Gasteiger partial charge in [0.2, 0.25) is 0 Å². The van der Waals surface area contributed by atoms with E-state index in [1.54, 1.807) is 4.90 Å². The number of hydrogen-bond acceptors (Lipinski definition) is 4. The van der Waals surface area contributed by atoms with Crippen LogP contribution in [0, 0.1) is 13.8 Å². The Labute approximate surface area is 213 Å². The molecule has 0 spiro atoms. The summed E-state index contributed by atoms with van der Waals surface area (Å²) in [7, 11) is 1.36. The SMILES string of the molecule is CCOc1ccc(-n2c(C)cc(/C=C3\C(=O)N(CCC4=CCCCC4)C(C)=C3C(=O)OC)c2C)cc1. The largest absolute Gasteiger partial charge is 0.494 e. The molecule has 4 rings (SSSR count). The number of hydrogen-bond donors (Lipinski definition) is 0. The minimum atomic E-state index is -0.480. The fourth-order valence-electron chi connectivity index (χ4n) is 5.23. The molecule has 0 unspecified atom stereocenters. The van der Waals surface area contributed by atoms with Crippen molar-refractivity contribution in [2.45, 2.75) is 59.8 Å². The molecular weight excluding hydrogens is 452 g/mol. The van der Waals surface area contributed by atoms with Crippen LogP contribution in [0.25, 0.3) is 11.8 Å². The van der Waals surface area contributed by atoms with Crippen LogP contribution in [0.15, 0.2) is 58.8 Å². The van der Waals surface area contributed by atoms with Gasteiger partial charge in [-0.3, -0.25) is 4.79 Å². The number of ether oxygens (including phenoxy) is 2. The van der Waals surface area contributed by atoms with Crippen molar-refractivity contribution in [1.82, 2.24) is 9.47 Å². The summed E-state index contributed by atoms with van der Waals surface area (Å²) in [5.41, 5.74) is 6.75. The Morgan fingerprint density at radius 3 is 2.50 bits per heavy atom. The monoisotopic (exact) mass is 488 g/mol. The van der Waals surface area contributed by atoms with Gasteiger partial charge in [-0.25, -0.2) is 4.79 Å². The lowest BCUT2D eigenvalue weighted by Gasteiger charge is -2.20.